The van der Waals surface area contributed by atoms with Crippen LogP contribution in [0.1, 0.15) is 56.6 Å². The molecule has 1 spiro atoms. The number of benzene rings is 1. The summed E-state index contributed by atoms with van der Waals surface area (Å²) in [6.45, 7) is 18.7. The average molecular weight is 610 g/mol. The summed E-state index contributed by atoms with van der Waals surface area (Å²) in [6, 6.07) is 9.05. The van der Waals surface area contributed by atoms with Gasteiger partial charge in [-0.3, -0.25) is 9.36 Å². The molecule has 6 rings (SSSR count). The molecule has 226 valence electrons. The maximum atomic E-state index is 12.9. The van der Waals surface area contributed by atoms with Crippen molar-refractivity contribution in [1.29, 1.82) is 0 Å². The van der Waals surface area contributed by atoms with Crippen molar-refractivity contribution < 1.29 is 23.1 Å². The van der Waals surface area contributed by atoms with Gasteiger partial charge in [0.05, 0.1) is 24.6 Å². The predicted molar refractivity (Wildman–Crippen MR) is 165 cm³/mol. The van der Waals surface area contributed by atoms with Gasteiger partial charge in [-0.15, -0.1) is 0 Å². The van der Waals surface area contributed by atoms with E-state index in [0.29, 0.717) is 42.0 Å². The number of amides is 1. The fourth-order valence-corrected chi connectivity index (χ4v) is 9.44. The van der Waals surface area contributed by atoms with Gasteiger partial charge < -0.3 is 23.6 Å². The maximum absolute atomic E-state index is 12.9. The molecule has 2 bridgehead atoms. The van der Waals surface area contributed by atoms with E-state index in [4.69, 9.17) is 18.3 Å². The van der Waals surface area contributed by atoms with Crippen LogP contribution < -0.4 is 5.32 Å². The molecule has 12 heteroatoms. The maximum Gasteiger partial charge on any atom is 0.256 e. The summed E-state index contributed by atoms with van der Waals surface area (Å²) in [5.41, 5.74) is 0.457. The molecule has 3 aliphatic rings. The third-order valence-electron chi connectivity index (χ3n) is 9.42. The van der Waals surface area contributed by atoms with Gasteiger partial charge in [-0.05, 0) is 49.9 Å². The first kappa shape index (κ1) is 29.6. The Labute approximate surface area is 249 Å². The summed E-state index contributed by atoms with van der Waals surface area (Å²) < 4.78 is 29.8. The van der Waals surface area contributed by atoms with Gasteiger partial charge in [0.25, 0.3) is 5.91 Å². The van der Waals surface area contributed by atoms with Crippen LogP contribution in [-0.2, 0) is 18.3 Å². The Morgan fingerprint density at radius 2 is 1.81 bits per heavy atom. The highest BCUT2D eigenvalue weighted by Gasteiger charge is 2.74. The van der Waals surface area contributed by atoms with Crippen LogP contribution in [0.2, 0.25) is 37.8 Å². The Kier molecular flexibility index (Phi) is 7.06. The van der Waals surface area contributed by atoms with Crippen LogP contribution in [-0.4, -0.2) is 72.1 Å². The molecule has 2 aliphatic heterocycles. The number of rotatable bonds is 7. The van der Waals surface area contributed by atoms with E-state index < -0.39 is 27.8 Å². The standard InChI is InChI=1S/C30H43N5O5Si2/c1-28(2,3)42(7,8)39-24-21-16-29(40-41(4,5)6)17-22(38-30(24,29)14-15-37-21)35-19-33-23-25(31-18-32-26(23)35)34-27(36)20-12-10-9-11-13-20/h9-13,18-19,21-22,24H,14-17H2,1-8H3,(H,31,32,34,36)/t21-,22-,24?,29-,30+/m0/s1. The molecule has 3 aromatic rings. The molecule has 1 saturated carbocycles. The number of fused-ring (bicyclic) bond motifs is 2. The molecule has 1 amide bonds. The number of hydrogen-bond acceptors (Lipinski definition) is 8. The molecule has 1 unspecified atom stereocenters. The number of nitrogens with zero attached hydrogens (tertiary/aromatic N) is 4. The number of hydrogen-bond donors (Lipinski definition) is 1. The minimum absolute atomic E-state index is 0.0406. The summed E-state index contributed by atoms with van der Waals surface area (Å²) in [7, 11) is -4.17. The Hall–Kier alpha value is -2.49. The second-order valence-corrected chi connectivity index (χ2v) is 23.6. The molecule has 1 N–H and O–H groups in total. The number of anilines is 1. The lowest BCUT2D eigenvalue weighted by Gasteiger charge is -2.49. The molecular formula is C30H43N5O5Si2. The third-order valence-corrected chi connectivity index (χ3v) is 14.9. The van der Waals surface area contributed by atoms with Gasteiger partial charge in [-0.1, -0.05) is 39.0 Å². The molecule has 1 aliphatic carbocycles. The van der Waals surface area contributed by atoms with E-state index in [0.717, 1.165) is 6.42 Å². The Morgan fingerprint density at radius 3 is 2.50 bits per heavy atom. The van der Waals surface area contributed by atoms with Crippen LogP contribution in [0.4, 0.5) is 5.82 Å². The number of aromatic nitrogens is 4. The summed E-state index contributed by atoms with van der Waals surface area (Å²) in [5.74, 6) is 0.110. The number of ether oxygens (including phenoxy) is 2. The molecule has 4 heterocycles. The van der Waals surface area contributed by atoms with Crippen molar-refractivity contribution >= 4 is 39.5 Å². The van der Waals surface area contributed by atoms with Crippen molar-refractivity contribution in [3.8, 4) is 0 Å². The van der Waals surface area contributed by atoms with E-state index in [2.05, 4.69) is 73.8 Å². The zero-order chi connectivity index (χ0) is 30.1. The summed E-state index contributed by atoms with van der Waals surface area (Å²) in [4.78, 5) is 26.5. The quantitative estimate of drug-likeness (QED) is 0.329. The van der Waals surface area contributed by atoms with Gasteiger partial charge >= 0.3 is 0 Å². The highest BCUT2D eigenvalue weighted by Crippen LogP contribution is 2.62. The molecular weight excluding hydrogens is 567 g/mol. The highest BCUT2D eigenvalue weighted by molar-refractivity contribution is 6.74. The van der Waals surface area contributed by atoms with Crippen molar-refractivity contribution in [3.05, 3.63) is 48.5 Å². The number of carbonyl (C=O) groups excluding carboxylic acids is 1. The predicted octanol–water partition coefficient (Wildman–Crippen LogP) is 5.91. The lowest BCUT2D eigenvalue weighted by Crippen LogP contribution is -2.62. The van der Waals surface area contributed by atoms with Gasteiger partial charge in [0.2, 0.25) is 0 Å². The van der Waals surface area contributed by atoms with E-state index in [1.165, 1.54) is 6.33 Å². The van der Waals surface area contributed by atoms with Gasteiger partial charge in [-0.25, -0.2) is 15.0 Å². The van der Waals surface area contributed by atoms with Crippen LogP contribution in [0, 0.1) is 0 Å². The number of nitrogens with one attached hydrogen (secondary N) is 1. The van der Waals surface area contributed by atoms with E-state index in [9.17, 15) is 4.79 Å². The van der Waals surface area contributed by atoms with Crippen LogP contribution in [0.25, 0.3) is 11.2 Å². The molecule has 3 fully saturated rings. The Bertz CT molecular complexity index is 1490. The molecule has 10 nitrogen and oxygen atoms in total. The Balaban J connectivity index is 1.37. The zero-order valence-electron chi connectivity index (χ0n) is 25.9. The second-order valence-electron chi connectivity index (χ2n) is 14.4. The van der Waals surface area contributed by atoms with Crippen LogP contribution >= 0.6 is 0 Å². The second kappa shape index (κ2) is 10.0. The lowest BCUT2D eigenvalue weighted by molar-refractivity contribution is -0.203. The van der Waals surface area contributed by atoms with Crippen LogP contribution in [0.3, 0.4) is 0 Å². The van der Waals surface area contributed by atoms with Gasteiger partial charge in [0.15, 0.2) is 33.6 Å². The summed E-state index contributed by atoms with van der Waals surface area (Å²) in [5, 5.41) is 2.95. The Morgan fingerprint density at radius 1 is 1.07 bits per heavy atom. The monoisotopic (exact) mass is 609 g/mol. The minimum atomic E-state index is -2.16. The first-order chi connectivity index (χ1) is 19.6. The van der Waals surface area contributed by atoms with Crippen molar-refractivity contribution in [2.24, 2.45) is 0 Å². The average Bonchev–Trinajstić information content (AvgIpc) is 3.48. The first-order valence-corrected chi connectivity index (χ1v) is 21.2. The SMILES string of the molecule is CC(C)(C)[Si](C)(C)OC1[C@@H]2C[C@]3(O[Si](C)(C)C)C[C@@H](n4cnc5c(NC(=O)c6ccccc6)ncnc54)O[C@]13CCO2. The topological polar surface area (TPSA) is 110 Å². The number of imidazole rings is 1. The summed E-state index contributed by atoms with van der Waals surface area (Å²) >= 11 is 0. The fourth-order valence-electron chi connectivity index (χ4n) is 6.60. The van der Waals surface area contributed by atoms with E-state index in [-0.39, 0.29) is 29.4 Å². The van der Waals surface area contributed by atoms with E-state index in [1.54, 1.807) is 18.5 Å². The van der Waals surface area contributed by atoms with Gasteiger partial charge in [-0.2, -0.15) is 0 Å². The van der Waals surface area contributed by atoms with Crippen LogP contribution in [0.5, 0.6) is 0 Å². The molecule has 42 heavy (non-hydrogen) atoms. The largest absolute Gasteiger partial charge is 0.409 e. The van der Waals surface area contributed by atoms with Crippen molar-refractivity contribution in [2.45, 2.75) is 107 Å². The smallest absolute Gasteiger partial charge is 0.256 e. The van der Waals surface area contributed by atoms with Crippen molar-refractivity contribution in [3.63, 3.8) is 0 Å². The molecule has 0 radical (unpaired) electrons. The first-order valence-electron chi connectivity index (χ1n) is 14.9. The summed E-state index contributed by atoms with van der Waals surface area (Å²) in [6.07, 6.45) is 4.58. The van der Waals surface area contributed by atoms with Crippen molar-refractivity contribution in [1.82, 2.24) is 19.5 Å². The highest BCUT2D eigenvalue weighted by atomic mass is 28.4. The normalized spacial score (nSPS) is 29.6. The molecule has 1 aromatic carbocycles. The van der Waals surface area contributed by atoms with Gasteiger partial charge in [0.1, 0.15) is 24.3 Å². The molecule has 5 atom stereocenters. The third kappa shape index (κ3) is 4.85. The van der Waals surface area contributed by atoms with E-state index >= 15 is 0 Å². The molecule has 2 saturated heterocycles. The van der Waals surface area contributed by atoms with Gasteiger partial charge in [0, 0.05) is 24.8 Å². The van der Waals surface area contributed by atoms with E-state index in [1.807, 2.05) is 22.8 Å². The number of carbonyl (C=O) groups is 1. The minimum Gasteiger partial charge on any atom is -0.409 e. The van der Waals surface area contributed by atoms with Crippen molar-refractivity contribution in [2.75, 3.05) is 11.9 Å². The van der Waals surface area contributed by atoms with Crippen LogP contribution in [0.15, 0.2) is 43.0 Å². The lowest BCUT2D eigenvalue weighted by atomic mass is 9.82. The zero-order valence-corrected chi connectivity index (χ0v) is 27.9. The fraction of sp³-hybridized carbons (Fsp3) is 0.600. The molecule has 2 aromatic heterocycles.